The van der Waals surface area contributed by atoms with E-state index in [0.29, 0.717) is 5.52 Å². The van der Waals surface area contributed by atoms with Gasteiger partial charge in [-0.2, -0.15) is 9.78 Å². The van der Waals surface area contributed by atoms with Gasteiger partial charge in [-0.3, -0.25) is 0 Å². The highest BCUT2D eigenvalue weighted by molar-refractivity contribution is 5.88. The second-order valence-corrected chi connectivity index (χ2v) is 4.96. The number of aromatic nitrogens is 2. The molecule has 0 bridgehead atoms. The molecule has 0 atom stereocenters. The standard InChI is InChI=1S/C13H16N2O3/c1-13(2,3)18-12(16)15-11-6-5-10(17-4)7-9(11)8-14-15/h5-8H,1-4H3. The fraction of sp³-hybridized carbons (Fsp3) is 0.385. The molecule has 96 valence electrons. The summed E-state index contributed by atoms with van der Waals surface area (Å²) in [6.07, 6.45) is 1.13. The average Bonchev–Trinajstić information content (AvgIpc) is 2.69. The molecule has 0 radical (unpaired) electrons. The molecule has 0 aliphatic carbocycles. The Morgan fingerprint density at radius 1 is 1.33 bits per heavy atom. The Bertz CT molecular complexity index is 581. The van der Waals surface area contributed by atoms with Gasteiger partial charge in [0.05, 0.1) is 18.8 Å². The first-order valence-electron chi connectivity index (χ1n) is 5.66. The maximum atomic E-state index is 11.9. The number of methoxy groups -OCH3 is 1. The largest absolute Gasteiger partial charge is 0.497 e. The molecule has 0 saturated carbocycles. The minimum Gasteiger partial charge on any atom is -0.497 e. The number of nitrogens with zero attached hydrogens (tertiary/aromatic N) is 2. The van der Waals surface area contributed by atoms with Gasteiger partial charge >= 0.3 is 6.09 Å². The molecule has 2 aromatic rings. The number of carbonyl (C=O) groups is 1. The molecule has 5 heteroatoms. The van der Waals surface area contributed by atoms with E-state index in [9.17, 15) is 4.79 Å². The van der Waals surface area contributed by atoms with Crippen molar-refractivity contribution in [3.05, 3.63) is 24.4 Å². The van der Waals surface area contributed by atoms with Crippen LogP contribution in [0.1, 0.15) is 20.8 Å². The number of hydrogen-bond donors (Lipinski definition) is 0. The molecule has 0 saturated heterocycles. The van der Waals surface area contributed by atoms with Crippen molar-refractivity contribution in [2.75, 3.05) is 7.11 Å². The van der Waals surface area contributed by atoms with E-state index >= 15 is 0 Å². The number of carbonyl (C=O) groups excluding carboxylic acids is 1. The van der Waals surface area contributed by atoms with Crippen LogP contribution in [-0.2, 0) is 4.74 Å². The van der Waals surface area contributed by atoms with Crippen LogP contribution in [0.4, 0.5) is 4.79 Å². The highest BCUT2D eigenvalue weighted by atomic mass is 16.6. The molecule has 18 heavy (non-hydrogen) atoms. The van der Waals surface area contributed by atoms with E-state index in [1.54, 1.807) is 25.4 Å². The van der Waals surface area contributed by atoms with Gasteiger partial charge in [0.15, 0.2) is 0 Å². The molecule has 0 unspecified atom stereocenters. The molecule has 0 amide bonds. The third-order valence-corrected chi connectivity index (χ3v) is 2.34. The van der Waals surface area contributed by atoms with Gasteiger partial charge < -0.3 is 9.47 Å². The van der Waals surface area contributed by atoms with Gasteiger partial charge in [-0.15, -0.1) is 0 Å². The van der Waals surface area contributed by atoms with E-state index in [2.05, 4.69) is 5.10 Å². The lowest BCUT2D eigenvalue weighted by atomic mass is 10.2. The van der Waals surface area contributed by atoms with Crippen LogP contribution in [0.25, 0.3) is 10.9 Å². The lowest BCUT2D eigenvalue weighted by Gasteiger charge is -2.19. The summed E-state index contributed by atoms with van der Waals surface area (Å²) in [5.41, 5.74) is 0.159. The number of rotatable bonds is 1. The molecule has 0 spiro atoms. The smallest absolute Gasteiger partial charge is 0.435 e. The first-order valence-corrected chi connectivity index (χ1v) is 5.66. The fourth-order valence-electron chi connectivity index (χ4n) is 1.59. The van der Waals surface area contributed by atoms with Crippen molar-refractivity contribution < 1.29 is 14.3 Å². The number of ether oxygens (including phenoxy) is 2. The second kappa shape index (κ2) is 4.33. The molecular weight excluding hydrogens is 232 g/mol. The average molecular weight is 248 g/mol. The second-order valence-electron chi connectivity index (χ2n) is 4.96. The monoisotopic (exact) mass is 248 g/mol. The Kier molecular flexibility index (Phi) is 2.98. The van der Waals surface area contributed by atoms with E-state index < -0.39 is 11.7 Å². The van der Waals surface area contributed by atoms with E-state index in [0.717, 1.165) is 11.1 Å². The Balaban J connectivity index is 2.38. The fourth-order valence-corrected chi connectivity index (χ4v) is 1.59. The zero-order valence-electron chi connectivity index (χ0n) is 10.9. The first kappa shape index (κ1) is 12.4. The third-order valence-electron chi connectivity index (χ3n) is 2.34. The molecule has 2 rings (SSSR count). The summed E-state index contributed by atoms with van der Waals surface area (Å²) in [6.45, 7) is 5.46. The van der Waals surface area contributed by atoms with Crippen molar-refractivity contribution in [1.29, 1.82) is 0 Å². The van der Waals surface area contributed by atoms with Gasteiger partial charge in [-0.05, 0) is 39.0 Å². The van der Waals surface area contributed by atoms with Crippen molar-refractivity contribution in [3.63, 3.8) is 0 Å². The highest BCUT2D eigenvalue weighted by Gasteiger charge is 2.19. The Morgan fingerprint density at radius 3 is 2.67 bits per heavy atom. The Labute approximate surface area is 105 Å². The summed E-state index contributed by atoms with van der Waals surface area (Å²) in [4.78, 5) is 11.9. The lowest BCUT2D eigenvalue weighted by molar-refractivity contribution is 0.0523. The summed E-state index contributed by atoms with van der Waals surface area (Å²) in [5, 5.41) is 4.87. The summed E-state index contributed by atoms with van der Waals surface area (Å²) < 4.78 is 11.6. The van der Waals surface area contributed by atoms with E-state index in [4.69, 9.17) is 9.47 Å². The molecule has 1 aromatic heterocycles. The highest BCUT2D eigenvalue weighted by Crippen LogP contribution is 2.21. The number of benzene rings is 1. The van der Waals surface area contributed by atoms with Crippen LogP contribution in [-0.4, -0.2) is 28.6 Å². The zero-order valence-corrected chi connectivity index (χ0v) is 10.9. The van der Waals surface area contributed by atoms with Crippen molar-refractivity contribution >= 4 is 17.0 Å². The van der Waals surface area contributed by atoms with Crippen LogP contribution >= 0.6 is 0 Å². The van der Waals surface area contributed by atoms with Crippen LogP contribution < -0.4 is 4.74 Å². The summed E-state index contributed by atoms with van der Waals surface area (Å²) in [6, 6.07) is 5.39. The molecule has 5 nitrogen and oxygen atoms in total. The zero-order chi connectivity index (χ0) is 13.3. The minimum atomic E-state index is -0.540. The Hall–Kier alpha value is -2.04. The molecule has 0 aliphatic rings. The number of fused-ring (bicyclic) bond motifs is 1. The van der Waals surface area contributed by atoms with Crippen LogP contribution in [0.2, 0.25) is 0 Å². The van der Waals surface area contributed by atoms with Crippen LogP contribution in [0.15, 0.2) is 24.4 Å². The van der Waals surface area contributed by atoms with Crippen molar-refractivity contribution in [1.82, 2.24) is 9.78 Å². The summed E-state index contributed by atoms with van der Waals surface area (Å²) >= 11 is 0. The maximum absolute atomic E-state index is 11.9. The predicted molar refractivity (Wildman–Crippen MR) is 67.9 cm³/mol. The van der Waals surface area contributed by atoms with Crippen molar-refractivity contribution in [2.45, 2.75) is 26.4 Å². The van der Waals surface area contributed by atoms with Crippen molar-refractivity contribution in [3.8, 4) is 5.75 Å². The third kappa shape index (κ3) is 2.45. The van der Waals surface area contributed by atoms with E-state index in [1.807, 2.05) is 26.8 Å². The van der Waals surface area contributed by atoms with Crippen LogP contribution in [0, 0.1) is 0 Å². The molecular formula is C13H16N2O3. The molecule has 1 heterocycles. The first-order chi connectivity index (χ1) is 8.40. The molecule has 0 aliphatic heterocycles. The quantitative estimate of drug-likeness (QED) is 0.778. The minimum absolute atomic E-state index is 0.484. The molecule has 1 aromatic carbocycles. The summed E-state index contributed by atoms with van der Waals surface area (Å²) in [5.74, 6) is 0.728. The lowest BCUT2D eigenvalue weighted by Crippen LogP contribution is -2.27. The van der Waals surface area contributed by atoms with E-state index in [1.165, 1.54) is 4.68 Å². The van der Waals surface area contributed by atoms with Gasteiger partial charge in [0.2, 0.25) is 0 Å². The van der Waals surface area contributed by atoms with E-state index in [-0.39, 0.29) is 0 Å². The SMILES string of the molecule is COc1ccc2c(cnn2C(=O)OC(C)(C)C)c1. The molecule has 0 fully saturated rings. The Morgan fingerprint density at radius 2 is 2.06 bits per heavy atom. The van der Waals surface area contributed by atoms with Crippen LogP contribution in [0.3, 0.4) is 0 Å². The van der Waals surface area contributed by atoms with Gasteiger partial charge in [-0.1, -0.05) is 0 Å². The van der Waals surface area contributed by atoms with Gasteiger partial charge in [0.1, 0.15) is 11.4 Å². The normalized spacial score (nSPS) is 11.6. The summed E-state index contributed by atoms with van der Waals surface area (Å²) in [7, 11) is 1.60. The topological polar surface area (TPSA) is 53.4 Å². The molecule has 0 N–H and O–H groups in total. The predicted octanol–water partition coefficient (Wildman–Crippen LogP) is 2.83. The number of hydrogen-bond acceptors (Lipinski definition) is 4. The van der Waals surface area contributed by atoms with Crippen LogP contribution in [0.5, 0.6) is 5.75 Å². The van der Waals surface area contributed by atoms with Crippen molar-refractivity contribution in [2.24, 2.45) is 0 Å². The van der Waals surface area contributed by atoms with Gasteiger partial charge in [-0.25, -0.2) is 4.79 Å². The van der Waals surface area contributed by atoms with Gasteiger partial charge in [0.25, 0.3) is 0 Å². The van der Waals surface area contributed by atoms with Gasteiger partial charge in [0, 0.05) is 5.39 Å². The maximum Gasteiger partial charge on any atom is 0.435 e.